The molecule has 4 aliphatic rings. The number of H-pyrrole nitrogens is 1. The Labute approximate surface area is 185 Å². The zero-order valence-electron chi connectivity index (χ0n) is 16.6. The predicted octanol–water partition coefficient (Wildman–Crippen LogP) is 2.30. The van der Waals surface area contributed by atoms with E-state index in [1.54, 1.807) is 11.8 Å². The lowest BCUT2D eigenvalue weighted by Gasteiger charge is -2.43. The average Bonchev–Trinajstić information content (AvgIpc) is 3.44. The van der Waals surface area contributed by atoms with Crippen LogP contribution >= 0.6 is 23.1 Å². The number of carbonyl (C=O) groups is 3. The Bertz CT molecular complexity index is 1200. The molecule has 31 heavy (non-hydrogen) atoms. The number of thiazole rings is 1. The third kappa shape index (κ3) is 2.53. The number of benzene rings is 1. The van der Waals surface area contributed by atoms with Crippen molar-refractivity contribution in [1.82, 2.24) is 9.88 Å². The summed E-state index contributed by atoms with van der Waals surface area (Å²) < 4.78 is 0. The second-order valence-electron chi connectivity index (χ2n) is 8.97. The number of likely N-dealkylation sites (tertiary alicyclic amines) is 1. The predicted molar refractivity (Wildman–Crippen MR) is 114 cm³/mol. The molecule has 0 unspecified atom stereocenters. The number of nitrogens with zero attached hydrogens (tertiary/aromatic N) is 1. The van der Waals surface area contributed by atoms with Crippen molar-refractivity contribution < 1.29 is 19.5 Å². The molecule has 1 saturated heterocycles. The van der Waals surface area contributed by atoms with Gasteiger partial charge in [-0.25, -0.2) is 0 Å². The number of imide groups is 1. The second kappa shape index (κ2) is 6.56. The molecule has 0 radical (unpaired) electrons. The summed E-state index contributed by atoms with van der Waals surface area (Å²) in [6, 6.07) is 8.16. The first-order valence-electron chi connectivity index (χ1n) is 10.4. The monoisotopic (exact) mass is 456 g/mol. The number of aromatic nitrogens is 1. The second-order valence-corrected chi connectivity index (χ2v) is 11.2. The molecule has 3 fully saturated rings. The summed E-state index contributed by atoms with van der Waals surface area (Å²) in [7, 11) is 0. The standard InChI is InChI=1S/C22H20N2O5S2/c1-8-4-2-3-5-9(8)13-14-10-6-11(17(14)30-19-18(13)31-22(29)23-19)16-15(10)20(27)24(21(16)28)7-12(25)26/h2-5,10-11,13-17H,6-7H2,1H3,(H,23,29)(H,25,26)/t10-,11+,13-,14+,15-,16-,17-/m1/s1. The van der Waals surface area contributed by atoms with Crippen LogP contribution in [0.4, 0.5) is 0 Å². The topological polar surface area (TPSA) is 108 Å². The summed E-state index contributed by atoms with van der Waals surface area (Å²) in [4.78, 5) is 54.5. The van der Waals surface area contributed by atoms with E-state index in [1.807, 2.05) is 12.1 Å². The summed E-state index contributed by atoms with van der Waals surface area (Å²) in [5, 5.41) is 10.2. The van der Waals surface area contributed by atoms with Crippen LogP contribution < -0.4 is 4.87 Å². The third-order valence-corrected chi connectivity index (χ3v) is 10.2. The highest BCUT2D eigenvalue weighted by Gasteiger charge is 2.69. The molecule has 7 atom stereocenters. The van der Waals surface area contributed by atoms with E-state index in [9.17, 15) is 24.3 Å². The highest BCUT2D eigenvalue weighted by molar-refractivity contribution is 8.00. The highest BCUT2D eigenvalue weighted by atomic mass is 32.2. The lowest BCUT2D eigenvalue weighted by atomic mass is 9.67. The van der Waals surface area contributed by atoms with Gasteiger partial charge in [-0.05, 0) is 42.2 Å². The van der Waals surface area contributed by atoms with Gasteiger partial charge in [0.05, 0.1) is 16.9 Å². The van der Waals surface area contributed by atoms with Gasteiger partial charge in [0.25, 0.3) is 0 Å². The lowest BCUT2D eigenvalue weighted by Crippen LogP contribution is -2.42. The summed E-state index contributed by atoms with van der Waals surface area (Å²) in [5.74, 6) is -2.54. The van der Waals surface area contributed by atoms with Crippen LogP contribution in [0.15, 0.2) is 34.1 Å². The largest absolute Gasteiger partial charge is 0.480 e. The van der Waals surface area contributed by atoms with Gasteiger partial charge >= 0.3 is 10.8 Å². The first kappa shape index (κ1) is 19.3. The Morgan fingerprint density at radius 1 is 1.16 bits per heavy atom. The molecule has 2 bridgehead atoms. The van der Waals surface area contributed by atoms with Gasteiger partial charge in [-0.2, -0.15) is 0 Å². The number of carboxylic acids is 1. The molecule has 2 saturated carbocycles. The summed E-state index contributed by atoms with van der Waals surface area (Å²) in [5.41, 5.74) is 2.31. The molecule has 9 heteroatoms. The van der Waals surface area contributed by atoms with Crippen LogP contribution in [0.1, 0.15) is 28.3 Å². The average molecular weight is 457 g/mol. The molecular formula is C22H20N2O5S2. The Morgan fingerprint density at radius 3 is 2.58 bits per heavy atom. The minimum absolute atomic E-state index is 0.00113. The van der Waals surface area contributed by atoms with Crippen LogP contribution in [0, 0.1) is 36.5 Å². The molecule has 160 valence electrons. The van der Waals surface area contributed by atoms with Crippen LogP contribution in [-0.2, 0) is 14.4 Å². The molecule has 0 spiro atoms. The maximum absolute atomic E-state index is 13.1. The molecular weight excluding hydrogens is 436 g/mol. The fourth-order valence-corrected chi connectivity index (χ4v) is 9.53. The molecule has 2 aliphatic heterocycles. The van der Waals surface area contributed by atoms with Crippen molar-refractivity contribution in [2.45, 2.75) is 29.5 Å². The van der Waals surface area contributed by atoms with E-state index in [2.05, 4.69) is 24.0 Å². The fourth-order valence-electron chi connectivity index (χ4n) is 6.65. The van der Waals surface area contributed by atoms with E-state index in [0.29, 0.717) is 0 Å². The fraction of sp³-hybridized carbons (Fsp3) is 0.455. The van der Waals surface area contributed by atoms with Crippen molar-refractivity contribution in [3.05, 3.63) is 49.9 Å². The molecule has 2 aromatic rings. The third-order valence-electron chi connectivity index (χ3n) is 7.63. The summed E-state index contributed by atoms with van der Waals surface area (Å²) in [6.07, 6.45) is 0.803. The van der Waals surface area contributed by atoms with Crippen molar-refractivity contribution in [3.8, 4) is 0 Å². The molecule has 7 nitrogen and oxygen atoms in total. The molecule has 2 aliphatic carbocycles. The van der Waals surface area contributed by atoms with E-state index in [4.69, 9.17) is 0 Å². The Balaban J connectivity index is 1.47. The van der Waals surface area contributed by atoms with Crippen LogP contribution in [0.25, 0.3) is 0 Å². The summed E-state index contributed by atoms with van der Waals surface area (Å²) >= 11 is 2.88. The van der Waals surface area contributed by atoms with Crippen LogP contribution in [0.5, 0.6) is 0 Å². The van der Waals surface area contributed by atoms with Crippen molar-refractivity contribution in [3.63, 3.8) is 0 Å². The van der Waals surface area contributed by atoms with Crippen molar-refractivity contribution >= 4 is 40.9 Å². The minimum atomic E-state index is -1.17. The van der Waals surface area contributed by atoms with E-state index < -0.39 is 24.3 Å². The van der Waals surface area contributed by atoms with Gasteiger partial charge in [0.15, 0.2) is 0 Å². The van der Waals surface area contributed by atoms with Gasteiger partial charge in [0.2, 0.25) is 11.8 Å². The summed E-state index contributed by atoms with van der Waals surface area (Å²) in [6.45, 7) is 1.50. The van der Waals surface area contributed by atoms with E-state index in [1.165, 1.54) is 11.3 Å². The zero-order valence-corrected chi connectivity index (χ0v) is 18.2. The van der Waals surface area contributed by atoms with Crippen LogP contribution in [0.2, 0.25) is 0 Å². The number of hydrogen-bond donors (Lipinski definition) is 2. The zero-order chi connectivity index (χ0) is 21.6. The highest BCUT2D eigenvalue weighted by Crippen LogP contribution is 2.68. The molecule has 1 aromatic heterocycles. The Hall–Kier alpha value is -2.39. The van der Waals surface area contributed by atoms with Crippen LogP contribution in [0.3, 0.4) is 0 Å². The van der Waals surface area contributed by atoms with Gasteiger partial charge < -0.3 is 10.1 Å². The maximum atomic E-state index is 13.1. The number of nitrogens with one attached hydrogen (secondary N) is 1. The number of hydrogen-bond acceptors (Lipinski definition) is 6. The van der Waals surface area contributed by atoms with Crippen molar-refractivity contribution in [2.75, 3.05) is 6.54 Å². The van der Waals surface area contributed by atoms with Gasteiger partial charge in [-0.3, -0.25) is 24.1 Å². The smallest absolute Gasteiger partial charge is 0.323 e. The SMILES string of the molecule is Cc1ccccc1[C@H]1c2sc(=O)[nH]c2S[C@@H]2[C@H]3C[C@@H]([C@H]4C(=O)N(CC(=O)O)C(=O)[C@H]34)[C@@H]12. The molecule has 2 N–H and O–H groups in total. The first-order chi connectivity index (χ1) is 14.9. The Kier molecular flexibility index (Phi) is 4.08. The number of fused-ring (bicyclic) bond motifs is 9. The number of carboxylic acid groups (broad SMARTS) is 1. The van der Waals surface area contributed by atoms with E-state index >= 15 is 0 Å². The number of carbonyl (C=O) groups excluding carboxylic acids is 2. The number of amides is 2. The van der Waals surface area contributed by atoms with Gasteiger partial charge in [0.1, 0.15) is 6.54 Å². The molecule has 3 heterocycles. The lowest BCUT2D eigenvalue weighted by molar-refractivity contribution is -0.149. The molecule has 6 rings (SSSR count). The quantitative estimate of drug-likeness (QED) is 0.687. The van der Waals surface area contributed by atoms with Crippen molar-refractivity contribution in [2.24, 2.45) is 29.6 Å². The van der Waals surface area contributed by atoms with Crippen molar-refractivity contribution in [1.29, 1.82) is 0 Å². The minimum Gasteiger partial charge on any atom is -0.480 e. The maximum Gasteiger partial charge on any atom is 0.323 e. The number of thioether (sulfide) groups is 1. The van der Waals surface area contributed by atoms with Gasteiger partial charge in [-0.1, -0.05) is 35.6 Å². The van der Waals surface area contributed by atoms with Gasteiger partial charge in [-0.15, -0.1) is 11.8 Å². The number of aromatic amines is 1. The molecule has 2 amide bonds. The normalized spacial score (nSPS) is 35.3. The Morgan fingerprint density at radius 2 is 1.87 bits per heavy atom. The first-order valence-corrected chi connectivity index (χ1v) is 12.1. The molecule has 1 aromatic carbocycles. The number of aryl methyl sites for hydroxylation is 1. The van der Waals surface area contributed by atoms with Gasteiger partial charge in [0, 0.05) is 16.0 Å². The number of aliphatic carboxylic acids is 1. The van der Waals surface area contributed by atoms with E-state index in [-0.39, 0.29) is 45.6 Å². The van der Waals surface area contributed by atoms with Crippen LogP contribution in [-0.4, -0.2) is 44.6 Å². The van der Waals surface area contributed by atoms with E-state index in [0.717, 1.165) is 32.4 Å². The number of rotatable bonds is 3.